The highest BCUT2D eigenvalue weighted by Crippen LogP contribution is 2.48. The van der Waals surface area contributed by atoms with Crippen molar-refractivity contribution in [3.05, 3.63) is 34.4 Å². The second-order valence-electron chi connectivity index (χ2n) is 12.4. The molecule has 5 nitrogen and oxygen atoms in total. The molecule has 33 heavy (non-hydrogen) atoms. The van der Waals surface area contributed by atoms with Crippen molar-refractivity contribution in [2.75, 3.05) is 6.61 Å². The van der Waals surface area contributed by atoms with Crippen molar-refractivity contribution in [2.45, 2.75) is 124 Å². The first-order valence-electron chi connectivity index (χ1n) is 12.1. The Morgan fingerprint density at radius 3 is 1.42 bits per heavy atom. The lowest BCUT2D eigenvalue weighted by molar-refractivity contribution is -0.0319. The molecule has 5 N–H and O–H groups in total. The van der Waals surface area contributed by atoms with Crippen LogP contribution < -0.4 is 0 Å². The van der Waals surface area contributed by atoms with Gasteiger partial charge in [0.15, 0.2) is 0 Å². The van der Waals surface area contributed by atoms with Crippen LogP contribution in [0.1, 0.15) is 130 Å². The number of benzene rings is 1. The van der Waals surface area contributed by atoms with Gasteiger partial charge >= 0.3 is 8.60 Å². The summed E-state index contributed by atoms with van der Waals surface area (Å²) < 4.78 is 0. The summed E-state index contributed by atoms with van der Waals surface area (Å²) >= 11 is 0. The molecule has 0 spiro atoms. The van der Waals surface area contributed by atoms with E-state index in [1.807, 2.05) is 0 Å². The monoisotopic (exact) mass is 486 g/mol. The lowest BCUT2D eigenvalue weighted by Crippen LogP contribution is -2.36. The zero-order valence-electron chi connectivity index (χ0n) is 23.0. The van der Waals surface area contributed by atoms with E-state index in [1.165, 1.54) is 16.7 Å². The van der Waals surface area contributed by atoms with Gasteiger partial charge in [-0.05, 0) is 51.3 Å². The zero-order valence-corrected chi connectivity index (χ0v) is 23.8. The molecule has 0 saturated heterocycles. The topological polar surface area (TPSA) is 101 Å². The molecule has 0 radical (unpaired) electrons. The van der Waals surface area contributed by atoms with Gasteiger partial charge in [0.25, 0.3) is 0 Å². The molecule has 0 aromatic heterocycles. The maximum absolute atomic E-state index is 11.9. The molecule has 0 aliphatic heterocycles. The minimum atomic E-state index is -2.62. The number of unbranched alkanes of at least 4 members (excludes halogenated alkanes) is 1. The molecule has 0 aliphatic carbocycles. The third-order valence-corrected chi connectivity index (χ3v) is 6.56. The van der Waals surface area contributed by atoms with Crippen molar-refractivity contribution in [3.63, 3.8) is 0 Å². The first kappa shape index (κ1) is 32.5. The van der Waals surface area contributed by atoms with Crippen LogP contribution in [0.3, 0.4) is 0 Å². The largest absolute Gasteiger partial charge is 0.396 e. The molecule has 2 unspecified atom stereocenters. The molecule has 1 aromatic carbocycles. The molecular weight excluding hydrogens is 435 g/mol. The Morgan fingerprint density at radius 1 is 0.788 bits per heavy atom. The van der Waals surface area contributed by atoms with Crippen molar-refractivity contribution >= 4 is 8.60 Å². The maximum Gasteiger partial charge on any atom is 0.324 e. The Morgan fingerprint density at radius 2 is 1.18 bits per heavy atom. The minimum Gasteiger partial charge on any atom is -0.396 e. The predicted octanol–water partition coefficient (Wildman–Crippen LogP) is 6.38. The summed E-state index contributed by atoms with van der Waals surface area (Å²) in [6, 6.07) is 4.62. The highest BCUT2D eigenvalue weighted by molar-refractivity contribution is 7.38. The average Bonchev–Trinajstić information content (AvgIpc) is 2.65. The van der Waals surface area contributed by atoms with Crippen LogP contribution in [0, 0.1) is 5.41 Å². The van der Waals surface area contributed by atoms with E-state index in [0.717, 1.165) is 31.2 Å². The van der Waals surface area contributed by atoms with Crippen molar-refractivity contribution in [2.24, 2.45) is 5.41 Å². The van der Waals surface area contributed by atoms with Gasteiger partial charge in [-0.15, -0.1) is 0 Å². The van der Waals surface area contributed by atoms with Gasteiger partial charge in [-0.25, -0.2) is 0 Å². The van der Waals surface area contributed by atoms with Crippen molar-refractivity contribution < 1.29 is 24.9 Å². The maximum atomic E-state index is 11.9. The number of rotatable bonds is 7. The van der Waals surface area contributed by atoms with E-state index in [-0.39, 0.29) is 22.9 Å². The molecule has 0 saturated carbocycles. The van der Waals surface area contributed by atoms with E-state index in [2.05, 4.69) is 88.3 Å². The highest BCUT2D eigenvalue weighted by atomic mass is 31.2. The van der Waals surface area contributed by atoms with Crippen LogP contribution in [0.2, 0.25) is 0 Å². The molecule has 0 aliphatic rings. The number of hydrogen-bond donors (Lipinski definition) is 5. The molecule has 1 rings (SSSR count). The van der Waals surface area contributed by atoms with E-state index in [4.69, 9.17) is 14.7 Å². The molecule has 0 heterocycles. The quantitative estimate of drug-likeness (QED) is 0.288. The third kappa shape index (κ3) is 9.20. The van der Waals surface area contributed by atoms with Crippen LogP contribution in [-0.4, -0.2) is 31.5 Å². The molecule has 0 fully saturated rings. The second kappa shape index (κ2) is 12.4. The van der Waals surface area contributed by atoms with E-state index in [0.29, 0.717) is 0 Å². The van der Waals surface area contributed by atoms with Gasteiger partial charge in [-0.3, -0.25) is 0 Å². The Hall–Kier alpha value is -0.550. The fraction of sp³-hybridized carbons (Fsp3) is 0.778. The van der Waals surface area contributed by atoms with Crippen LogP contribution in [0.25, 0.3) is 0 Å². The highest BCUT2D eigenvalue weighted by Gasteiger charge is 2.41. The Bertz CT molecular complexity index is 682. The fourth-order valence-corrected chi connectivity index (χ4v) is 4.24. The van der Waals surface area contributed by atoms with Crippen LogP contribution in [0.4, 0.5) is 0 Å². The van der Waals surface area contributed by atoms with Crippen molar-refractivity contribution in [3.8, 4) is 0 Å². The summed E-state index contributed by atoms with van der Waals surface area (Å²) in [5.41, 5.74) is 4.11. The van der Waals surface area contributed by atoms with Gasteiger partial charge in [0, 0.05) is 5.41 Å². The predicted molar refractivity (Wildman–Crippen MR) is 140 cm³/mol. The normalized spacial score (nSPS) is 15.7. The summed E-state index contributed by atoms with van der Waals surface area (Å²) in [5, 5.41) is 22.3. The molecule has 1 aromatic rings. The van der Waals surface area contributed by atoms with Gasteiger partial charge in [-0.1, -0.05) is 101 Å². The Balaban J connectivity index is 0.00000235. The summed E-state index contributed by atoms with van der Waals surface area (Å²) in [7, 11) is -2.62. The third-order valence-electron chi connectivity index (χ3n) is 6.56. The van der Waals surface area contributed by atoms with E-state index in [9.17, 15) is 10.2 Å². The molecular formula is C27H51O5P. The van der Waals surface area contributed by atoms with Crippen LogP contribution in [-0.2, 0) is 16.2 Å². The van der Waals surface area contributed by atoms with Crippen LogP contribution in [0.5, 0.6) is 0 Å². The molecule has 6 heteroatoms. The lowest BCUT2D eigenvalue weighted by atomic mass is 9.65. The Labute approximate surface area is 204 Å². The Kier molecular flexibility index (Phi) is 12.2. The first-order chi connectivity index (χ1) is 14.8. The van der Waals surface area contributed by atoms with E-state index < -0.39 is 20.1 Å². The molecule has 0 amide bonds. The zero-order chi connectivity index (χ0) is 26.4. The first-order valence-corrected chi connectivity index (χ1v) is 13.3. The van der Waals surface area contributed by atoms with Crippen molar-refractivity contribution in [1.82, 2.24) is 0 Å². The summed E-state index contributed by atoms with van der Waals surface area (Å²) in [6.07, 6.45) is 3.00. The SMILES string of the molecule is CCCCC(CC)(CO)C(O)c1c(C(C)(C)C)cc(C(C)(C)C)cc1C(C)(C)C.OP(O)O. The van der Waals surface area contributed by atoms with Crippen LogP contribution in [0.15, 0.2) is 12.1 Å². The van der Waals surface area contributed by atoms with E-state index in [1.54, 1.807) is 0 Å². The number of hydrogen-bond acceptors (Lipinski definition) is 5. The number of aliphatic hydroxyl groups excluding tert-OH is 2. The van der Waals surface area contributed by atoms with Crippen molar-refractivity contribution in [1.29, 1.82) is 0 Å². The van der Waals surface area contributed by atoms with Crippen LogP contribution >= 0.6 is 8.60 Å². The average molecular weight is 487 g/mol. The summed E-state index contributed by atoms with van der Waals surface area (Å²) in [6.45, 7) is 24.4. The van der Waals surface area contributed by atoms with Gasteiger partial charge < -0.3 is 24.9 Å². The summed E-state index contributed by atoms with van der Waals surface area (Å²) in [5.74, 6) is 0. The summed E-state index contributed by atoms with van der Waals surface area (Å²) in [4.78, 5) is 21.7. The molecule has 0 bridgehead atoms. The smallest absolute Gasteiger partial charge is 0.324 e. The molecule has 2 atom stereocenters. The van der Waals surface area contributed by atoms with Gasteiger partial charge in [0.05, 0.1) is 12.7 Å². The van der Waals surface area contributed by atoms with Gasteiger partial charge in [0.2, 0.25) is 0 Å². The number of aliphatic hydroxyl groups is 2. The fourth-order valence-electron chi connectivity index (χ4n) is 4.24. The minimum absolute atomic E-state index is 0.0128. The van der Waals surface area contributed by atoms with Gasteiger partial charge in [0.1, 0.15) is 0 Å². The van der Waals surface area contributed by atoms with E-state index >= 15 is 0 Å². The molecule has 194 valence electrons. The standard InChI is InChI=1S/C27H48O2.H3O3P/c1-12-14-15-27(13-2,18-28)23(29)22-20(25(6,7)8)16-19(24(3,4)5)17-21(22)26(9,10)11;1-4(2)3/h16-17,23,28-29H,12-15,18H2,1-11H3;1-3H. The lowest BCUT2D eigenvalue weighted by Gasteiger charge is -2.42. The second-order valence-corrected chi connectivity index (χ2v) is 12.9. The van der Waals surface area contributed by atoms with Gasteiger partial charge in [-0.2, -0.15) is 0 Å².